The molecule has 0 unspecified atom stereocenters. The van der Waals surface area contributed by atoms with Gasteiger partial charge in [-0.15, -0.1) is 5.10 Å². The molecule has 0 fully saturated rings. The lowest BCUT2D eigenvalue weighted by Crippen LogP contribution is -2.04. The monoisotopic (exact) mass is 349 g/mol. The molecule has 2 N–H and O–H groups in total. The number of nitrogens with zero attached hydrogens (tertiary/aromatic N) is 3. The lowest BCUT2D eigenvalue weighted by Gasteiger charge is -2.10. The van der Waals surface area contributed by atoms with Gasteiger partial charge in [-0.05, 0) is 55.3 Å². The quantitative estimate of drug-likeness (QED) is 0.678. The van der Waals surface area contributed by atoms with Gasteiger partial charge in [0.15, 0.2) is 5.82 Å². The molecule has 0 spiro atoms. The van der Waals surface area contributed by atoms with Crippen molar-refractivity contribution in [1.82, 2.24) is 15.2 Å². The number of anilines is 4. The molecular weight excluding hydrogens is 330 g/mol. The third-order valence-corrected chi connectivity index (χ3v) is 3.78. The number of carbonyl (C=O) groups is 1. The van der Waals surface area contributed by atoms with E-state index in [2.05, 4.69) is 36.6 Å². The summed E-state index contributed by atoms with van der Waals surface area (Å²) < 4.78 is 4.69. The number of benzene rings is 2. The highest BCUT2D eigenvalue weighted by atomic mass is 16.5. The van der Waals surface area contributed by atoms with E-state index in [4.69, 9.17) is 0 Å². The van der Waals surface area contributed by atoms with Crippen LogP contribution in [0.5, 0.6) is 0 Å². The van der Waals surface area contributed by atoms with Crippen molar-refractivity contribution in [2.75, 3.05) is 17.7 Å². The number of methoxy groups -OCH3 is 1. The van der Waals surface area contributed by atoms with Crippen molar-refractivity contribution in [3.8, 4) is 0 Å². The fraction of sp³-hybridized carbons (Fsp3) is 0.158. The first-order valence-electron chi connectivity index (χ1n) is 8.04. The van der Waals surface area contributed by atoms with Crippen LogP contribution in [0.1, 0.15) is 21.5 Å². The van der Waals surface area contributed by atoms with Gasteiger partial charge in [-0.3, -0.25) is 0 Å². The maximum atomic E-state index is 11.5. The highest BCUT2D eigenvalue weighted by molar-refractivity contribution is 5.89. The standard InChI is InChI=1S/C19H19N5O2/c1-12-4-5-13(2)16(10-12)22-19-23-17(11-20-24-19)21-15-8-6-14(7-9-15)18(25)26-3/h4-11H,1-3H3,(H2,21,22,23,24). The zero-order valence-corrected chi connectivity index (χ0v) is 14.8. The van der Waals surface area contributed by atoms with Crippen LogP contribution in [0, 0.1) is 13.8 Å². The molecule has 0 radical (unpaired) electrons. The number of rotatable bonds is 5. The molecule has 0 aliphatic carbocycles. The Balaban J connectivity index is 1.75. The van der Waals surface area contributed by atoms with Crippen LogP contribution in [0.3, 0.4) is 0 Å². The average molecular weight is 349 g/mol. The summed E-state index contributed by atoms with van der Waals surface area (Å²) >= 11 is 0. The van der Waals surface area contributed by atoms with E-state index in [1.165, 1.54) is 13.3 Å². The van der Waals surface area contributed by atoms with E-state index in [0.717, 1.165) is 22.5 Å². The first kappa shape index (κ1) is 17.3. The molecule has 0 atom stereocenters. The van der Waals surface area contributed by atoms with Gasteiger partial charge in [-0.25, -0.2) is 4.79 Å². The van der Waals surface area contributed by atoms with Crippen LogP contribution < -0.4 is 10.6 Å². The Bertz CT molecular complexity index is 925. The van der Waals surface area contributed by atoms with E-state index in [1.807, 2.05) is 26.0 Å². The average Bonchev–Trinajstić information content (AvgIpc) is 2.65. The van der Waals surface area contributed by atoms with Gasteiger partial charge in [0, 0.05) is 11.4 Å². The molecule has 0 aliphatic rings. The molecule has 2 aromatic carbocycles. The fourth-order valence-corrected chi connectivity index (χ4v) is 2.36. The minimum atomic E-state index is -0.375. The van der Waals surface area contributed by atoms with Crippen LogP contribution in [0.25, 0.3) is 0 Å². The fourth-order valence-electron chi connectivity index (χ4n) is 2.36. The molecule has 0 saturated heterocycles. The van der Waals surface area contributed by atoms with Gasteiger partial charge >= 0.3 is 5.97 Å². The Morgan fingerprint density at radius 2 is 1.81 bits per heavy atom. The molecule has 1 heterocycles. The molecule has 7 heteroatoms. The molecule has 0 saturated carbocycles. The summed E-state index contributed by atoms with van der Waals surface area (Å²) in [6.07, 6.45) is 1.53. The highest BCUT2D eigenvalue weighted by Crippen LogP contribution is 2.21. The highest BCUT2D eigenvalue weighted by Gasteiger charge is 2.07. The van der Waals surface area contributed by atoms with Gasteiger partial charge in [-0.2, -0.15) is 10.1 Å². The van der Waals surface area contributed by atoms with Crippen molar-refractivity contribution in [3.05, 3.63) is 65.4 Å². The zero-order valence-electron chi connectivity index (χ0n) is 14.8. The Labute approximate surface area is 151 Å². The number of hydrogen-bond acceptors (Lipinski definition) is 7. The van der Waals surface area contributed by atoms with E-state index in [1.54, 1.807) is 24.3 Å². The Hall–Kier alpha value is -3.48. The van der Waals surface area contributed by atoms with Crippen LogP contribution in [-0.2, 0) is 4.74 Å². The molecule has 3 aromatic rings. The van der Waals surface area contributed by atoms with Crippen molar-refractivity contribution in [2.45, 2.75) is 13.8 Å². The summed E-state index contributed by atoms with van der Waals surface area (Å²) in [5, 5.41) is 14.3. The topological polar surface area (TPSA) is 89.0 Å². The lowest BCUT2D eigenvalue weighted by atomic mass is 10.1. The van der Waals surface area contributed by atoms with Crippen LogP contribution >= 0.6 is 0 Å². The zero-order chi connectivity index (χ0) is 18.5. The van der Waals surface area contributed by atoms with Gasteiger partial charge < -0.3 is 15.4 Å². The van der Waals surface area contributed by atoms with Crippen molar-refractivity contribution in [2.24, 2.45) is 0 Å². The third-order valence-electron chi connectivity index (χ3n) is 3.78. The maximum absolute atomic E-state index is 11.5. The Morgan fingerprint density at radius 1 is 1.04 bits per heavy atom. The molecule has 1 aromatic heterocycles. The van der Waals surface area contributed by atoms with Gasteiger partial charge in [0.1, 0.15) is 0 Å². The van der Waals surface area contributed by atoms with Gasteiger partial charge in [-0.1, -0.05) is 12.1 Å². The predicted octanol–water partition coefficient (Wildman–Crippen LogP) is 3.76. The molecule has 0 bridgehead atoms. The first-order valence-corrected chi connectivity index (χ1v) is 8.04. The number of carbonyl (C=O) groups excluding carboxylic acids is 1. The van der Waals surface area contributed by atoms with Crippen LogP contribution in [0.4, 0.5) is 23.1 Å². The van der Waals surface area contributed by atoms with Gasteiger partial charge in [0.25, 0.3) is 0 Å². The summed E-state index contributed by atoms with van der Waals surface area (Å²) in [5.74, 6) is 0.564. The normalized spacial score (nSPS) is 10.3. The largest absolute Gasteiger partial charge is 0.465 e. The minimum Gasteiger partial charge on any atom is -0.465 e. The van der Waals surface area contributed by atoms with Crippen LogP contribution in [0.2, 0.25) is 0 Å². The number of ether oxygens (including phenoxy) is 1. The van der Waals surface area contributed by atoms with Gasteiger partial charge in [0.2, 0.25) is 5.95 Å². The molecule has 132 valence electrons. The Kier molecular flexibility index (Phi) is 5.07. The summed E-state index contributed by atoms with van der Waals surface area (Å²) in [6, 6.07) is 13.0. The molecule has 26 heavy (non-hydrogen) atoms. The number of nitrogens with one attached hydrogen (secondary N) is 2. The number of aryl methyl sites for hydroxylation is 2. The lowest BCUT2D eigenvalue weighted by molar-refractivity contribution is 0.0601. The SMILES string of the molecule is COC(=O)c1ccc(Nc2cnnc(Nc3cc(C)ccc3C)n2)cc1. The van der Waals surface area contributed by atoms with Crippen LogP contribution in [0.15, 0.2) is 48.7 Å². The Morgan fingerprint density at radius 3 is 2.54 bits per heavy atom. The first-order chi connectivity index (χ1) is 12.5. The van der Waals surface area contributed by atoms with Crippen molar-refractivity contribution in [3.63, 3.8) is 0 Å². The van der Waals surface area contributed by atoms with Gasteiger partial charge in [0.05, 0.1) is 18.9 Å². The molecule has 3 rings (SSSR count). The second-order valence-corrected chi connectivity index (χ2v) is 5.80. The van der Waals surface area contributed by atoms with E-state index < -0.39 is 0 Å². The minimum absolute atomic E-state index is 0.375. The molecule has 7 nitrogen and oxygen atoms in total. The van der Waals surface area contributed by atoms with E-state index >= 15 is 0 Å². The summed E-state index contributed by atoms with van der Waals surface area (Å²) in [4.78, 5) is 15.9. The van der Waals surface area contributed by atoms with E-state index in [0.29, 0.717) is 17.3 Å². The second-order valence-electron chi connectivity index (χ2n) is 5.80. The second kappa shape index (κ2) is 7.60. The smallest absolute Gasteiger partial charge is 0.337 e. The number of aromatic nitrogens is 3. The number of hydrogen-bond donors (Lipinski definition) is 2. The van der Waals surface area contributed by atoms with E-state index in [-0.39, 0.29) is 5.97 Å². The number of esters is 1. The predicted molar refractivity (Wildman–Crippen MR) is 100 cm³/mol. The molecular formula is C19H19N5O2. The molecule has 0 aliphatic heterocycles. The van der Waals surface area contributed by atoms with E-state index in [9.17, 15) is 4.79 Å². The molecule has 0 amide bonds. The van der Waals surface area contributed by atoms with Crippen LogP contribution in [-0.4, -0.2) is 28.3 Å². The van der Waals surface area contributed by atoms with Crippen molar-refractivity contribution < 1.29 is 9.53 Å². The summed E-state index contributed by atoms with van der Waals surface area (Å²) in [5.41, 5.74) is 4.43. The van der Waals surface area contributed by atoms with Crippen molar-refractivity contribution in [1.29, 1.82) is 0 Å². The van der Waals surface area contributed by atoms with Crippen molar-refractivity contribution >= 4 is 29.1 Å². The summed E-state index contributed by atoms with van der Waals surface area (Å²) in [7, 11) is 1.35. The maximum Gasteiger partial charge on any atom is 0.337 e. The summed E-state index contributed by atoms with van der Waals surface area (Å²) in [6.45, 7) is 4.04. The third kappa shape index (κ3) is 4.13.